The molecule has 2 N–H and O–H groups in total. The van der Waals surface area contributed by atoms with E-state index in [9.17, 15) is 0 Å². The Morgan fingerprint density at radius 1 is 1.22 bits per heavy atom. The van der Waals surface area contributed by atoms with E-state index in [0.29, 0.717) is 0 Å². The highest BCUT2D eigenvalue weighted by Crippen LogP contribution is 2.31. The van der Waals surface area contributed by atoms with Crippen LogP contribution in [-0.4, -0.2) is 55.8 Å². The van der Waals surface area contributed by atoms with Gasteiger partial charge in [-0.1, -0.05) is 24.3 Å². The van der Waals surface area contributed by atoms with Gasteiger partial charge in [0.25, 0.3) is 0 Å². The maximum atomic E-state index is 5.67. The number of nitrogens with zero attached hydrogens (tertiary/aromatic N) is 2. The summed E-state index contributed by atoms with van der Waals surface area (Å²) in [5, 5.41) is 7.05. The molecule has 1 atom stereocenters. The Hall–Kier alpha value is -1.59. The molecule has 2 aliphatic rings. The zero-order valence-electron chi connectivity index (χ0n) is 17.3. The van der Waals surface area contributed by atoms with Gasteiger partial charge in [-0.3, -0.25) is 9.89 Å². The zero-order valence-corrected chi connectivity index (χ0v) is 17.3. The third-order valence-electron chi connectivity index (χ3n) is 6.08. The van der Waals surface area contributed by atoms with Gasteiger partial charge in [-0.05, 0) is 70.7 Å². The summed E-state index contributed by atoms with van der Waals surface area (Å²) in [4.78, 5) is 7.72. The molecule has 5 heteroatoms. The number of aliphatic imine (C=N–C) groups is 1. The molecule has 0 spiro atoms. The van der Waals surface area contributed by atoms with Crippen LogP contribution in [0.25, 0.3) is 0 Å². The largest absolute Gasteiger partial charge is 0.381 e. The van der Waals surface area contributed by atoms with Crippen LogP contribution in [0, 0.1) is 6.92 Å². The zero-order chi connectivity index (χ0) is 19.1. The average molecular weight is 373 g/mol. The molecule has 0 aliphatic carbocycles. The van der Waals surface area contributed by atoms with Crippen molar-refractivity contribution in [3.8, 4) is 0 Å². The standard InChI is InChI=1S/C22H36N4O/c1-4-23-21(25-19(3)20-10-6-5-9-18(20)2)24-17-22(11-15-27-16-12-22)26-13-7-8-14-26/h5-6,9-10,19H,4,7-8,11-17H2,1-3H3,(H2,23,24,25). The molecule has 2 fully saturated rings. The normalized spacial score (nSPS) is 21.8. The third-order valence-corrected chi connectivity index (χ3v) is 6.08. The average Bonchev–Trinajstić information content (AvgIpc) is 3.23. The molecule has 0 amide bonds. The Morgan fingerprint density at radius 3 is 2.59 bits per heavy atom. The number of hydrogen-bond donors (Lipinski definition) is 2. The van der Waals surface area contributed by atoms with E-state index in [1.165, 1.54) is 37.1 Å². The van der Waals surface area contributed by atoms with Gasteiger partial charge in [0.1, 0.15) is 0 Å². The van der Waals surface area contributed by atoms with Crippen LogP contribution in [0.3, 0.4) is 0 Å². The molecule has 5 nitrogen and oxygen atoms in total. The lowest BCUT2D eigenvalue weighted by atomic mass is 9.88. The highest BCUT2D eigenvalue weighted by Gasteiger charge is 2.39. The smallest absolute Gasteiger partial charge is 0.191 e. The van der Waals surface area contributed by atoms with Gasteiger partial charge >= 0.3 is 0 Å². The van der Waals surface area contributed by atoms with Gasteiger partial charge in [0.2, 0.25) is 0 Å². The van der Waals surface area contributed by atoms with E-state index in [-0.39, 0.29) is 11.6 Å². The number of hydrogen-bond acceptors (Lipinski definition) is 3. The molecule has 2 heterocycles. The molecule has 3 rings (SSSR count). The molecule has 1 aromatic carbocycles. The van der Waals surface area contributed by atoms with Crippen LogP contribution >= 0.6 is 0 Å². The van der Waals surface area contributed by atoms with Crippen LogP contribution in [-0.2, 0) is 4.74 Å². The number of aryl methyl sites for hydroxylation is 1. The van der Waals surface area contributed by atoms with Crippen molar-refractivity contribution in [1.29, 1.82) is 0 Å². The Morgan fingerprint density at radius 2 is 1.93 bits per heavy atom. The van der Waals surface area contributed by atoms with Crippen molar-refractivity contribution in [1.82, 2.24) is 15.5 Å². The second-order valence-corrected chi connectivity index (χ2v) is 7.95. The maximum absolute atomic E-state index is 5.67. The van der Waals surface area contributed by atoms with E-state index in [0.717, 1.165) is 45.1 Å². The summed E-state index contributed by atoms with van der Waals surface area (Å²) in [6.07, 6.45) is 4.80. The predicted octanol–water partition coefficient (Wildman–Crippen LogP) is 3.26. The lowest BCUT2D eigenvalue weighted by Gasteiger charge is -2.43. The number of guanidine groups is 1. The SMILES string of the molecule is CCNC(=NCC1(N2CCCC2)CCOCC1)NC(C)c1ccccc1C. The molecule has 27 heavy (non-hydrogen) atoms. The molecule has 0 bridgehead atoms. The highest BCUT2D eigenvalue weighted by atomic mass is 16.5. The van der Waals surface area contributed by atoms with Gasteiger partial charge < -0.3 is 15.4 Å². The molecular formula is C22H36N4O. The lowest BCUT2D eigenvalue weighted by molar-refractivity contribution is -0.0139. The Bertz CT molecular complexity index is 618. The molecule has 2 aliphatic heterocycles. The van der Waals surface area contributed by atoms with Gasteiger partial charge in [0.05, 0.1) is 12.6 Å². The Balaban J connectivity index is 1.72. The number of likely N-dealkylation sites (tertiary alicyclic amines) is 1. The Kier molecular flexibility index (Phi) is 7.13. The van der Waals surface area contributed by atoms with Crippen LogP contribution < -0.4 is 10.6 Å². The van der Waals surface area contributed by atoms with Crippen molar-refractivity contribution < 1.29 is 4.74 Å². The molecule has 1 unspecified atom stereocenters. The first-order valence-corrected chi connectivity index (χ1v) is 10.6. The van der Waals surface area contributed by atoms with E-state index < -0.39 is 0 Å². The maximum Gasteiger partial charge on any atom is 0.191 e. The van der Waals surface area contributed by atoms with Crippen LogP contribution in [0.4, 0.5) is 0 Å². The third kappa shape index (κ3) is 5.02. The summed E-state index contributed by atoms with van der Waals surface area (Å²) < 4.78 is 5.67. The second kappa shape index (κ2) is 9.56. The van der Waals surface area contributed by atoms with E-state index in [4.69, 9.17) is 9.73 Å². The molecule has 150 valence electrons. The van der Waals surface area contributed by atoms with E-state index in [1.54, 1.807) is 0 Å². The fourth-order valence-corrected chi connectivity index (χ4v) is 4.42. The van der Waals surface area contributed by atoms with E-state index in [2.05, 4.69) is 60.6 Å². The number of rotatable bonds is 6. The van der Waals surface area contributed by atoms with Crippen molar-refractivity contribution in [2.75, 3.05) is 39.4 Å². The van der Waals surface area contributed by atoms with Crippen molar-refractivity contribution in [3.05, 3.63) is 35.4 Å². The van der Waals surface area contributed by atoms with E-state index in [1.807, 2.05) is 0 Å². The molecular weight excluding hydrogens is 336 g/mol. The van der Waals surface area contributed by atoms with Gasteiger partial charge in [0, 0.05) is 25.3 Å². The minimum atomic E-state index is 0.170. The van der Waals surface area contributed by atoms with E-state index >= 15 is 0 Å². The number of nitrogens with one attached hydrogen (secondary N) is 2. The molecule has 0 radical (unpaired) electrons. The van der Waals surface area contributed by atoms with Crippen molar-refractivity contribution >= 4 is 5.96 Å². The topological polar surface area (TPSA) is 48.9 Å². The first kappa shape index (κ1) is 20.2. The van der Waals surface area contributed by atoms with Gasteiger partial charge in [-0.25, -0.2) is 0 Å². The molecule has 0 saturated carbocycles. The van der Waals surface area contributed by atoms with Crippen molar-refractivity contribution in [3.63, 3.8) is 0 Å². The van der Waals surface area contributed by atoms with Gasteiger partial charge in [0.15, 0.2) is 5.96 Å². The minimum absolute atomic E-state index is 0.170. The summed E-state index contributed by atoms with van der Waals surface area (Å²) in [6, 6.07) is 8.79. The van der Waals surface area contributed by atoms with Gasteiger partial charge in [-0.15, -0.1) is 0 Å². The summed E-state index contributed by atoms with van der Waals surface area (Å²) in [6.45, 7) is 12.3. The van der Waals surface area contributed by atoms with Crippen molar-refractivity contribution in [2.24, 2.45) is 4.99 Å². The minimum Gasteiger partial charge on any atom is -0.381 e. The van der Waals surface area contributed by atoms with Crippen LogP contribution in [0.1, 0.15) is 56.7 Å². The number of ether oxygens (including phenoxy) is 1. The Labute approximate surface area is 164 Å². The molecule has 0 aromatic heterocycles. The summed E-state index contributed by atoms with van der Waals surface area (Å²) in [5.74, 6) is 0.915. The first-order chi connectivity index (χ1) is 13.1. The number of benzene rings is 1. The molecule has 2 saturated heterocycles. The predicted molar refractivity (Wildman–Crippen MR) is 112 cm³/mol. The monoisotopic (exact) mass is 372 g/mol. The second-order valence-electron chi connectivity index (χ2n) is 7.95. The highest BCUT2D eigenvalue weighted by molar-refractivity contribution is 5.80. The van der Waals surface area contributed by atoms with Gasteiger partial charge in [-0.2, -0.15) is 0 Å². The van der Waals surface area contributed by atoms with Crippen LogP contribution in [0.15, 0.2) is 29.3 Å². The quantitative estimate of drug-likeness (QED) is 0.594. The fourth-order valence-electron chi connectivity index (χ4n) is 4.42. The van der Waals surface area contributed by atoms with Crippen molar-refractivity contribution in [2.45, 2.75) is 58.0 Å². The van der Waals surface area contributed by atoms with Crippen LogP contribution in [0.5, 0.6) is 0 Å². The fraction of sp³-hybridized carbons (Fsp3) is 0.682. The lowest BCUT2D eigenvalue weighted by Crippen LogP contribution is -2.54. The van der Waals surface area contributed by atoms with Crippen LogP contribution in [0.2, 0.25) is 0 Å². The summed E-state index contributed by atoms with van der Waals surface area (Å²) in [7, 11) is 0. The summed E-state index contributed by atoms with van der Waals surface area (Å²) in [5.41, 5.74) is 2.80. The summed E-state index contributed by atoms with van der Waals surface area (Å²) >= 11 is 0. The first-order valence-electron chi connectivity index (χ1n) is 10.6. The molecule has 1 aromatic rings.